The third-order valence-corrected chi connectivity index (χ3v) is 1.33. The highest BCUT2D eigenvalue weighted by molar-refractivity contribution is 5.79. The Kier molecular flexibility index (Phi) is 7.19. The summed E-state index contributed by atoms with van der Waals surface area (Å²) in [4.78, 5) is 3.93. The first-order chi connectivity index (χ1) is 5.85. The lowest BCUT2D eigenvalue weighted by atomic mass is 10.3. The second-order valence-corrected chi connectivity index (χ2v) is 2.24. The zero-order chi connectivity index (χ0) is 9.23. The average molecular weight is 164 g/mol. The van der Waals surface area contributed by atoms with Crippen molar-refractivity contribution >= 4 is 6.21 Å². The number of nitrogens with zero attached hydrogens (tertiary/aromatic N) is 1. The van der Waals surface area contributed by atoms with Crippen LogP contribution in [0.5, 0.6) is 0 Å². The second-order valence-electron chi connectivity index (χ2n) is 2.24. The Balaban J connectivity index is 3.76. The first-order valence-corrected chi connectivity index (χ1v) is 3.96. The zero-order valence-corrected chi connectivity index (χ0v) is 7.59. The highest BCUT2D eigenvalue weighted by Gasteiger charge is 1.88. The second kappa shape index (κ2) is 7.95. The molecule has 0 bridgehead atoms. The van der Waals surface area contributed by atoms with Crippen LogP contribution in [0.3, 0.4) is 0 Å². The van der Waals surface area contributed by atoms with Crippen molar-refractivity contribution in [2.24, 2.45) is 4.99 Å². The topological polar surface area (TPSA) is 24.4 Å². The molecule has 0 unspecified atom stereocenters. The fourth-order valence-corrected chi connectivity index (χ4v) is 0.689. The Bertz CT molecular complexity index is 190. The maximum atomic E-state index is 3.93. The van der Waals surface area contributed by atoms with E-state index in [1.807, 2.05) is 19.1 Å². The van der Waals surface area contributed by atoms with Crippen LogP contribution < -0.4 is 5.32 Å². The summed E-state index contributed by atoms with van der Waals surface area (Å²) >= 11 is 0. The van der Waals surface area contributed by atoms with E-state index in [0.717, 1.165) is 18.7 Å². The van der Waals surface area contributed by atoms with Crippen molar-refractivity contribution < 1.29 is 0 Å². The molecule has 0 rings (SSSR count). The molecule has 0 atom stereocenters. The van der Waals surface area contributed by atoms with Crippen molar-refractivity contribution in [3.05, 3.63) is 37.1 Å². The summed E-state index contributed by atoms with van der Waals surface area (Å²) in [6.07, 6.45) is 7.17. The first kappa shape index (κ1) is 10.8. The molecule has 0 fully saturated rings. The molecule has 0 radical (unpaired) electrons. The van der Waals surface area contributed by atoms with Crippen molar-refractivity contribution in [3.8, 4) is 0 Å². The lowest BCUT2D eigenvalue weighted by molar-refractivity contribution is 0.832. The van der Waals surface area contributed by atoms with Crippen LogP contribution in [0.25, 0.3) is 0 Å². The number of rotatable bonds is 6. The number of nitrogens with one attached hydrogen (secondary N) is 1. The molecule has 0 spiro atoms. The molecule has 0 aromatic carbocycles. The summed E-state index contributed by atoms with van der Waals surface area (Å²) < 4.78 is 0. The minimum atomic E-state index is 0.819. The third-order valence-electron chi connectivity index (χ3n) is 1.33. The molecular weight excluding hydrogens is 148 g/mol. The van der Waals surface area contributed by atoms with Crippen LogP contribution in [0.2, 0.25) is 0 Å². The Morgan fingerprint density at radius 1 is 1.50 bits per heavy atom. The SMILES string of the molecule is C=CCNC/C(C=NC=C)=C/C. The third kappa shape index (κ3) is 5.62. The minimum absolute atomic E-state index is 0.819. The molecule has 1 N–H and O–H groups in total. The van der Waals surface area contributed by atoms with Crippen LogP contribution in [0.1, 0.15) is 6.92 Å². The Morgan fingerprint density at radius 3 is 2.75 bits per heavy atom. The van der Waals surface area contributed by atoms with Gasteiger partial charge in [-0.3, -0.25) is 4.99 Å². The number of allylic oxidation sites excluding steroid dienone is 1. The molecule has 0 saturated heterocycles. The summed E-state index contributed by atoms with van der Waals surface area (Å²) in [5, 5.41) is 3.18. The van der Waals surface area contributed by atoms with Gasteiger partial charge < -0.3 is 5.32 Å². The maximum Gasteiger partial charge on any atom is 0.0309 e. The molecule has 0 aliphatic rings. The Hall–Kier alpha value is -1.15. The van der Waals surface area contributed by atoms with Gasteiger partial charge in [0.2, 0.25) is 0 Å². The molecule has 2 nitrogen and oxygen atoms in total. The van der Waals surface area contributed by atoms with Gasteiger partial charge in [0, 0.05) is 25.5 Å². The summed E-state index contributed by atoms with van der Waals surface area (Å²) in [6.45, 7) is 10.7. The summed E-state index contributed by atoms with van der Waals surface area (Å²) in [5.41, 5.74) is 1.15. The van der Waals surface area contributed by atoms with Crippen LogP contribution in [-0.4, -0.2) is 19.3 Å². The molecule has 0 aliphatic heterocycles. The number of aliphatic imine (C=N–C) groups is 1. The van der Waals surface area contributed by atoms with Crippen LogP contribution >= 0.6 is 0 Å². The monoisotopic (exact) mass is 164 g/mol. The molecular formula is C10H16N2. The van der Waals surface area contributed by atoms with Crippen molar-refractivity contribution in [3.63, 3.8) is 0 Å². The van der Waals surface area contributed by atoms with Gasteiger partial charge in [-0.05, 0) is 12.5 Å². The van der Waals surface area contributed by atoms with Crippen LogP contribution in [0, 0.1) is 0 Å². The van der Waals surface area contributed by atoms with Gasteiger partial charge in [-0.2, -0.15) is 0 Å². The Labute approximate surface area is 74.4 Å². The molecule has 0 aromatic rings. The van der Waals surface area contributed by atoms with Gasteiger partial charge in [-0.25, -0.2) is 0 Å². The summed E-state index contributed by atoms with van der Waals surface area (Å²) in [7, 11) is 0. The van der Waals surface area contributed by atoms with Crippen molar-refractivity contribution in [2.45, 2.75) is 6.92 Å². The maximum absolute atomic E-state index is 3.93. The molecule has 0 amide bonds. The summed E-state index contributed by atoms with van der Waals surface area (Å²) in [5.74, 6) is 0. The zero-order valence-electron chi connectivity index (χ0n) is 7.59. The number of hydrogen-bond acceptors (Lipinski definition) is 2. The van der Waals surface area contributed by atoms with E-state index < -0.39 is 0 Å². The van der Waals surface area contributed by atoms with Gasteiger partial charge in [-0.15, -0.1) is 6.58 Å². The molecule has 12 heavy (non-hydrogen) atoms. The lowest BCUT2D eigenvalue weighted by Gasteiger charge is -2.00. The van der Waals surface area contributed by atoms with E-state index in [-0.39, 0.29) is 0 Å². The summed E-state index contributed by atoms with van der Waals surface area (Å²) in [6, 6.07) is 0. The lowest BCUT2D eigenvalue weighted by Crippen LogP contribution is -2.17. The molecule has 0 heterocycles. The molecule has 0 aromatic heterocycles. The smallest absolute Gasteiger partial charge is 0.0309 e. The molecule has 0 aliphatic carbocycles. The molecule has 0 saturated carbocycles. The predicted octanol–water partition coefficient (Wildman–Crippen LogP) is 1.92. The van der Waals surface area contributed by atoms with E-state index in [1.54, 1.807) is 6.21 Å². The van der Waals surface area contributed by atoms with Gasteiger partial charge in [0.25, 0.3) is 0 Å². The standard InChI is InChI=1S/C10H16N2/c1-4-7-12-9-10(5-2)8-11-6-3/h4-6,8,12H,1,3,7,9H2,2H3/b10-5+,11-8?. The van der Waals surface area contributed by atoms with Gasteiger partial charge in [0.1, 0.15) is 0 Å². The van der Waals surface area contributed by atoms with Gasteiger partial charge >= 0.3 is 0 Å². The van der Waals surface area contributed by atoms with E-state index in [9.17, 15) is 0 Å². The number of hydrogen-bond donors (Lipinski definition) is 1. The van der Waals surface area contributed by atoms with Gasteiger partial charge in [0.15, 0.2) is 0 Å². The van der Waals surface area contributed by atoms with Crippen molar-refractivity contribution in [2.75, 3.05) is 13.1 Å². The minimum Gasteiger partial charge on any atom is -0.309 e. The highest BCUT2D eigenvalue weighted by atomic mass is 14.8. The van der Waals surface area contributed by atoms with Crippen LogP contribution in [0.15, 0.2) is 42.1 Å². The van der Waals surface area contributed by atoms with E-state index in [0.29, 0.717) is 0 Å². The van der Waals surface area contributed by atoms with Gasteiger partial charge in [-0.1, -0.05) is 18.7 Å². The largest absolute Gasteiger partial charge is 0.309 e. The van der Waals surface area contributed by atoms with Crippen molar-refractivity contribution in [1.29, 1.82) is 0 Å². The highest BCUT2D eigenvalue weighted by Crippen LogP contribution is 1.87. The van der Waals surface area contributed by atoms with Gasteiger partial charge in [0.05, 0.1) is 0 Å². The fourth-order valence-electron chi connectivity index (χ4n) is 0.689. The van der Waals surface area contributed by atoms with E-state index in [1.165, 1.54) is 6.20 Å². The molecule has 2 heteroatoms. The van der Waals surface area contributed by atoms with Crippen LogP contribution in [0.4, 0.5) is 0 Å². The fraction of sp³-hybridized carbons (Fsp3) is 0.300. The Morgan fingerprint density at radius 2 is 2.25 bits per heavy atom. The van der Waals surface area contributed by atoms with E-state index in [2.05, 4.69) is 23.5 Å². The van der Waals surface area contributed by atoms with E-state index >= 15 is 0 Å². The van der Waals surface area contributed by atoms with E-state index in [4.69, 9.17) is 0 Å². The van der Waals surface area contributed by atoms with Crippen LogP contribution in [-0.2, 0) is 0 Å². The molecule has 66 valence electrons. The average Bonchev–Trinajstić information content (AvgIpc) is 2.11. The van der Waals surface area contributed by atoms with Crippen molar-refractivity contribution in [1.82, 2.24) is 5.32 Å². The predicted molar refractivity (Wildman–Crippen MR) is 55.5 cm³/mol. The first-order valence-electron chi connectivity index (χ1n) is 3.96. The normalized spacial score (nSPS) is 11.9. The quantitative estimate of drug-likeness (QED) is 0.362.